The summed E-state index contributed by atoms with van der Waals surface area (Å²) >= 11 is 1.05. The number of carboxylic acids is 1. The summed E-state index contributed by atoms with van der Waals surface area (Å²) in [6.45, 7) is 4.35. The first kappa shape index (κ1) is 17.6. The van der Waals surface area contributed by atoms with Crippen molar-refractivity contribution in [2.75, 3.05) is 18.5 Å². The minimum Gasteiger partial charge on any atom is -0.478 e. The Balaban J connectivity index is 2.73. The summed E-state index contributed by atoms with van der Waals surface area (Å²) in [4.78, 5) is 24.9. The molecule has 3 N–H and O–H groups in total. The second-order valence-corrected chi connectivity index (χ2v) is 5.85. The topological polar surface area (TPSA) is 96.5 Å². The van der Waals surface area contributed by atoms with Gasteiger partial charge in [-0.1, -0.05) is 13.3 Å². The van der Waals surface area contributed by atoms with E-state index in [-0.39, 0.29) is 11.5 Å². The molecule has 1 amide bonds. The average Bonchev–Trinajstić information content (AvgIpc) is 2.84. The van der Waals surface area contributed by atoms with E-state index in [4.69, 9.17) is 5.73 Å². The van der Waals surface area contributed by atoms with Crippen LogP contribution in [0.2, 0.25) is 0 Å². The summed E-state index contributed by atoms with van der Waals surface area (Å²) in [5.74, 6) is -0.698. The van der Waals surface area contributed by atoms with Crippen LogP contribution in [-0.4, -0.2) is 34.9 Å². The fourth-order valence-corrected chi connectivity index (χ4v) is 3.10. The Kier molecular flexibility index (Phi) is 6.77. The number of anilines is 1. The van der Waals surface area contributed by atoms with Crippen molar-refractivity contribution in [2.45, 2.75) is 39.5 Å². The van der Waals surface area contributed by atoms with Crippen LogP contribution < -0.4 is 10.6 Å². The molecule has 7 heteroatoms. The molecular formula is C14H23N3O3S. The fraction of sp³-hybridized carbons (Fsp3) is 0.643. The highest BCUT2D eigenvalue weighted by Gasteiger charge is 2.24. The zero-order valence-electron chi connectivity index (χ0n) is 12.8. The van der Waals surface area contributed by atoms with E-state index in [2.05, 4.69) is 11.3 Å². The van der Waals surface area contributed by atoms with Gasteiger partial charge in [0, 0.05) is 13.5 Å². The minimum absolute atomic E-state index is 0.0865. The molecule has 0 aliphatic rings. The molecule has 1 unspecified atom stereocenters. The van der Waals surface area contributed by atoms with Crippen molar-refractivity contribution in [3.05, 3.63) is 11.3 Å². The lowest BCUT2D eigenvalue weighted by Gasteiger charge is -2.18. The van der Waals surface area contributed by atoms with Crippen LogP contribution >= 0.6 is 11.5 Å². The maximum atomic E-state index is 12.2. The SMILES string of the molecule is CCC(CCN)CCC(=O)N(C)c1snc(C)c1C(=O)O. The van der Waals surface area contributed by atoms with Crippen LogP contribution in [0, 0.1) is 12.8 Å². The summed E-state index contributed by atoms with van der Waals surface area (Å²) in [5, 5.41) is 9.61. The highest BCUT2D eigenvalue weighted by atomic mass is 32.1. The third kappa shape index (κ3) is 4.50. The van der Waals surface area contributed by atoms with E-state index in [1.807, 2.05) is 0 Å². The molecule has 0 aliphatic heterocycles. The molecule has 6 nitrogen and oxygen atoms in total. The van der Waals surface area contributed by atoms with Gasteiger partial charge in [-0.05, 0) is 43.8 Å². The van der Waals surface area contributed by atoms with Gasteiger partial charge >= 0.3 is 5.97 Å². The molecule has 0 bridgehead atoms. The normalized spacial score (nSPS) is 12.2. The summed E-state index contributed by atoms with van der Waals surface area (Å²) in [6.07, 6.45) is 3.07. The Labute approximate surface area is 129 Å². The van der Waals surface area contributed by atoms with E-state index in [9.17, 15) is 14.7 Å². The summed E-state index contributed by atoms with van der Waals surface area (Å²) in [7, 11) is 1.60. The average molecular weight is 313 g/mol. The highest BCUT2D eigenvalue weighted by molar-refractivity contribution is 7.11. The molecule has 1 rings (SSSR count). The summed E-state index contributed by atoms with van der Waals surface area (Å²) in [5.41, 5.74) is 6.11. The number of nitrogens with two attached hydrogens (primary N) is 1. The number of aromatic carboxylic acids is 1. The van der Waals surface area contributed by atoms with Gasteiger partial charge in [-0.2, -0.15) is 4.37 Å². The van der Waals surface area contributed by atoms with Gasteiger partial charge in [-0.15, -0.1) is 0 Å². The quantitative estimate of drug-likeness (QED) is 0.767. The Bertz CT molecular complexity index is 502. The van der Waals surface area contributed by atoms with E-state index in [0.717, 1.165) is 30.8 Å². The maximum absolute atomic E-state index is 12.2. The van der Waals surface area contributed by atoms with Gasteiger partial charge in [-0.25, -0.2) is 4.79 Å². The van der Waals surface area contributed by atoms with Gasteiger partial charge in [0.2, 0.25) is 5.91 Å². The van der Waals surface area contributed by atoms with Gasteiger partial charge in [0.1, 0.15) is 10.6 Å². The molecule has 0 aliphatic carbocycles. The second-order valence-electron chi connectivity index (χ2n) is 5.10. The van der Waals surface area contributed by atoms with Crippen molar-refractivity contribution >= 4 is 28.4 Å². The largest absolute Gasteiger partial charge is 0.478 e. The first-order chi connectivity index (χ1) is 9.92. The first-order valence-electron chi connectivity index (χ1n) is 7.08. The van der Waals surface area contributed by atoms with E-state index in [0.29, 0.717) is 29.6 Å². The molecule has 0 saturated heterocycles. The molecule has 1 heterocycles. The molecule has 0 aromatic carbocycles. The molecule has 118 valence electrons. The van der Waals surface area contributed by atoms with Crippen LogP contribution in [0.1, 0.15) is 48.7 Å². The molecule has 0 saturated carbocycles. The van der Waals surface area contributed by atoms with Crippen molar-refractivity contribution in [3.8, 4) is 0 Å². The van der Waals surface area contributed by atoms with Crippen LogP contribution in [0.5, 0.6) is 0 Å². The monoisotopic (exact) mass is 313 g/mol. The number of hydrogen-bond donors (Lipinski definition) is 2. The number of carbonyl (C=O) groups excluding carboxylic acids is 1. The van der Waals surface area contributed by atoms with Crippen LogP contribution in [0.4, 0.5) is 5.00 Å². The van der Waals surface area contributed by atoms with Gasteiger partial charge in [-0.3, -0.25) is 4.79 Å². The molecule has 1 aromatic rings. The van der Waals surface area contributed by atoms with Crippen molar-refractivity contribution in [1.29, 1.82) is 0 Å². The fourth-order valence-electron chi connectivity index (χ4n) is 2.23. The molecule has 1 aromatic heterocycles. The van der Waals surface area contributed by atoms with E-state index < -0.39 is 5.97 Å². The lowest BCUT2D eigenvalue weighted by Crippen LogP contribution is -2.27. The molecular weight excluding hydrogens is 290 g/mol. The van der Waals surface area contributed by atoms with Gasteiger partial charge in [0.15, 0.2) is 0 Å². The molecule has 0 fully saturated rings. The van der Waals surface area contributed by atoms with Crippen molar-refractivity contribution < 1.29 is 14.7 Å². The molecule has 0 spiro atoms. The second kappa shape index (κ2) is 8.09. The maximum Gasteiger partial charge on any atom is 0.340 e. The standard InChI is InChI=1S/C14H23N3O3S/c1-4-10(7-8-15)5-6-11(18)17(3)13-12(14(19)20)9(2)16-21-13/h10H,4-8,15H2,1-3H3,(H,19,20). The number of amides is 1. The Morgan fingerprint density at radius 2 is 2.10 bits per heavy atom. The number of nitrogens with zero attached hydrogens (tertiary/aromatic N) is 2. The Morgan fingerprint density at radius 1 is 1.43 bits per heavy atom. The number of rotatable bonds is 8. The predicted molar refractivity (Wildman–Crippen MR) is 83.9 cm³/mol. The number of aryl methyl sites for hydroxylation is 1. The van der Waals surface area contributed by atoms with Crippen LogP contribution in [0.3, 0.4) is 0 Å². The van der Waals surface area contributed by atoms with Gasteiger partial charge in [0.05, 0.1) is 5.69 Å². The summed E-state index contributed by atoms with van der Waals surface area (Å²) < 4.78 is 4.03. The van der Waals surface area contributed by atoms with Crippen molar-refractivity contribution in [3.63, 3.8) is 0 Å². The Hall–Kier alpha value is -1.47. The number of carbonyl (C=O) groups is 2. The third-order valence-electron chi connectivity index (χ3n) is 3.66. The van der Waals surface area contributed by atoms with Crippen LogP contribution in [0.25, 0.3) is 0 Å². The van der Waals surface area contributed by atoms with Crippen LogP contribution in [0.15, 0.2) is 0 Å². The molecule has 1 atom stereocenters. The smallest absolute Gasteiger partial charge is 0.340 e. The van der Waals surface area contributed by atoms with Crippen LogP contribution in [-0.2, 0) is 4.79 Å². The third-order valence-corrected chi connectivity index (χ3v) is 4.67. The predicted octanol–water partition coefficient (Wildman–Crippen LogP) is 2.27. The number of hydrogen-bond acceptors (Lipinski definition) is 5. The van der Waals surface area contributed by atoms with E-state index >= 15 is 0 Å². The van der Waals surface area contributed by atoms with Gasteiger partial charge in [0.25, 0.3) is 0 Å². The minimum atomic E-state index is -1.05. The molecule has 0 radical (unpaired) electrons. The van der Waals surface area contributed by atoms with E-state index in [1.165, 1.54) is 4.90 Å². The summed E-state index contributed by atoms with van der Waals surface area (Å²) in [6, 6.07) is 0. The van der Waals surface area contributed by atoms with Gasteiger partial charge < -0.3 is 15.7 Å². The lowest BCUT2D eigenvalue weighted by molar-refractivity contribution is -0.118. The zero-order chi connectivity index (χ0) is 16.0. The number of aromatic nitrogens is 1. The highest BCUT2D eigenvalue weighted by Crippen LogP contribution is 2.28. The molecule has 21 heavy (non-hydrogen) atoms. The van der Waals surface area contributed by atoms with Crippen molar-refractivity contribution in [2.24, 2.45) is 11.7 Å². The Morgan fingerprint density at radius 3 is 2.62 bits per heavy atom. The first-order valence-corrected chi connectivity index (χ1v) is 7.85. The van der Waals surface area contributed by atoms with Crippen molar-refractivity contribution in [1.82, 2.24) is 4.37 Å². The number of carboxylic acid groups (broad SMARTS) is 1. The lowest BCUT2D eigenvalue weighted by atomic mass is 9.96. The van der Waals surface area contributed by atoms with E-state index in [1.54, 1.807) is 14.0 Å². The zero-order valence-corrected chi connectivity index (χ0v) is 13.6.